The molecular weight excluding hydrogens is 264 g/mol. The first kappa shape index (κ1) is 13.8. The molecule has 3 N–H and O–H groups in total. The first-order chi connectivity index (χ1) is 7.79. The third-order valence-corrected chi connectivity index (χ3v) is 4.05. The summed E-state index contributed by atoms with van der Waals surface area (Å²) in [4.78, 5) is 14.5. The molecule has 0 spiro atoms. The van der Waals surface area contributed by atoms with E-state index < -0.39 is 15.8 Å². The molecule has 0 aliphatic carbocycles. The van der Waals surface area contributed by atoms with Gasteiger partial charge in [-0.2, -0.15) is 0 Å². The van der Waals surface area contributed by atoms with Gasteiger partial charge in [0.2, 0.25) is 0 Å². The Balaban J connectivity index is 2.70. The zero-order valence-corrected chi connectivity index (χ0v) is 10.7. The van der Waals surface area contributed by atoms with Gasteiger partial charge >= 0.3 is 5.97 Å². The predicted octanol–water partition coefficient (Wildman–Crippen LogP) is 0.499. The van der Waals surface area contributed by atoms with E-state index in [1.54, 1.807) is 0 Å². The van der Waals surface area contributed by atoms with Crippen molar-refractivity contribution in [3.05, 3.63) is 17.8 Å². The van der Waals surface area contributed by atoms with Gasteiger partial charge < -0.3 is 10.8 Å². The molecule has 1 heterocycles. The van der Waals surface area contributed by atoms with Gasteiger partial charge in [-0.25, -0.2) is 18.2 Å². The summed E-state index contributed by atoms with van der Waals surface area (Å²) < 4.78 is 21.8. The van der Waals surface area contributed by atoms with Crippen LogP contribution >= 0.6 is 11.8 Å². The fraction of sp³-hybridized carbons (Fsp3) is 0.333. The summed E-state index contributed by atoms with van der Waals surface area (Å²) >= 11 is 1.19. The molecule has 8 heteroatoms. The Morgan fingerprint density at radius 3 is 2.71 bits per heavy atom. The topological polar surface area (TPSA) is 110 Å². The maximum absolute atomic E-state index is 10.9. The first-order valence-electron chi connectivity index (χ1n) is 4.59. The van der Waals surface area contributed by atoms with Crippen molar-refractivity contribution in [2.45, 2.75) is 5.03 Å². The van der Waals surface area contributed by atoms with E-state index in [-0.39, 0.29) is 17.0 Å². The summed E-state index contributed by atoms with van der Waals surface area (Å²) in [6, 6.07) is 1.30. The minimum absolute atomic E-state index is 0.00923. The number of sulfone groups is 1. The van der Waals surface area contributed by atoms with E-state index in [4.69, 9.17) is 10.8 Å². The molecule has 0 bridgehead atoms. The molecule has 0 fully saturated rings. The number of rotatable bonds is 5. The average molecular weight is 276 g/mol. The smallest absolute Gasteiger partial charge is 0.337 e. The van der Waals surface area contributed by atoms with Crippen molar-refractivity contribution in [1.82, 2.24) is 4.98 Å². The van der Waals surface area contributed by atoms with Crippen LogP contribution in [0, 0.1) is 0 Å². The van der Waals surface area contributed by atoms with E-state index in [0.717, 1.165) is 6.26 Å². The summed E-state index contributed by atoms with van der Waals surface area (Å²) in [5.41, 5.74) is 5.86. The van der Waals surface area contributed by atoms with Gasteiger partial charge in [0.05, 0.1) is 17.0 Å². The highest BCUT2D eigenvalue weighted by atomic mass is 32.2. The number of thioether (sulfide) groups is 1. The number of carboxylic acids is 1. The summed E-state index contributed by atoms with van der Waals surface area (Å²) in [6.07, 6.45) is 2.35. The van der Waals surface area contributed by atoms with Gasteiger partial charge in [0.25, 0.3) is 0 Å². The zero-order valence-electron chi connectivity index (χ0n) is 9.08. The van der Waals surface area contributed by atoms with Crippen LogP contribution in [0.4, 0.5) is 5.69 Å². The van der Waals surface area contributed by atoms with Crippen LogP contribution in [-0.2, 0) is 9.84 Å². The SMILES string of the molecule is CS(=O)(=O)CCSc1ncc(C(=O)O)cc1N. The van der Waals surface area contributed by atoms with Crippen LogP contribution in [0.1, 0.15) is 10.4 Å². The van der Waals surface area contributed by atoms with E-state index in [2.05, 4.69) is 4.98 Å². The molecule has 6 nitrogen and oxygen atoms in total. The Labute approximate surface area is 103 Å². The number of aromatic carboxylic acids is 1. The molecule has 0 atom stereocenters. The molecule has 0 amide bonds. The Hall–Kier alpha value is -1.28. The van der Waals surface area contributed by atoms with E-state index in [1.165, 1.54) is 24.0 Å². The van der Waals surface area contributed by atoms with Gasteiger partial charge in [-0.15, -0.1) is 11.8 Å². The molecule has 0 aromatic carbocycles. The number of aromatic nitrogens is 1. The minimum atomic E-state index is -3.01. The number of anilines is 1. The van der Waals surface area contributed by atoms with Crippen molar-refractivity contribution < 1.29 is 18.3 Å². The van der Waals surface area contributed by atoms with Crippen LogP contribution in [-0.4, -0.2) is 42.2 Å². The summed E-state index contributed by atoms with van der Waals surface area (Å²) in [7, 11) is -3.01. The molecule has 0 aliphatic heterocycles. The van der Waals surface area contributed by atoms with Crippen LogP contribution in [0.25, 0.3) is 0 Å². The zero-order chi connectivity index (χ0) is 13.1. The third kappa shape index (κ3) is 4.61. The lowest BCUT2D eigenvalue weighted by molar-refractivity contribution is 0.0696. The maximum atomic E-state index is 10.9. The molecule has 1 aromatic rings. The molecule has 0 aliphatic rings. The standard InChI is InChI=1S/C9H12N2O4S2/c1-17(14,15)3-2-16-8-7(10)4-6(5-11-8)9(12)13/h4-5H,2-3,10H2,1H3,(H,12,13). The number of nitrogens with zero attached hydrogens (tertiary/aromatic N) is 1. The molecule has 1 rings (SSSR count). The van der Waals surface area contributed by atoms with Gasteiger partial charge in [-0.3, -0.25) is 0 Å². The van der Waals surface area contributed by atoms with E-state index in [1.807, 2.05) is 0 Å². The number of hydrogen-bond acceptors (Lipinski definition) is 6. The molecule has 0 saturated carbocycles. The Morgan fingerprint density at radius 1 is 1.59 bits per heavy atom. The molecule has 0 saturated heterocycles. The highest BCUT2D eigenvalue weighted by molar-refractivity contribution is 8.00. The molecule has 0 radical (unpaired) electrons. The van der Waals surface area contributed by atoms with E-state index in [0.29, 0.717) is 10.8 Å². The van der Waals surface area contributed by atoms with E-state index >= 15 is 0 Å². The molecule has 1 aromatic heterocycles. The minimum Gasteiger partial charge on any atom is -0.478 e. The van der Waals surface area contributed by atoms with Crippen LogP contribution in [0.3, 0.4) is 0 Å². The predicted molar refractivity (Wildman–Crippen MR) is 66.0 cm³/mol. The summed E-state index contributed by atoms with van der Waals surface area (Å²) in [5, 5.41) is 9.14. The van der Waals surface area contributed by atoms with Gasteiger partial charge in [0.15, 0.2) is 0 Å². The summed E-state index contributed by atoms with van der Waals surface area (Å²) in [5.74, 6) is -0.737. The van der Waals surface area contributed by atoms with Crippen molar-refractivity contribution in [3.8, 4) is 0 Å². The van der Waals surface area contributed by atoms with Crippen LogP contribution in [0.15, 0.2) is 17.3 Å². The number of carboxylic acid groups (broad SMARTS) is 1. The second-order valence-corrected chi connectivity index (χ2v) is 6.75. The van der Waals surface area contributed by atoms with Crippen molar-refractivity contribution in [3.63, 3.8) is 0 Å². The lowest BCUT2D eigenvalue weighted by Crippen LogP contribution is -2.06. The quantitative estimate of drug-likeness (QED) is 0.753. The largest absolute Gasteiger partial charge is 0.478 e. The fourth-order valence-corrected chi connectivity index (χ4v) is 3.09. The summed E-state index contributed by atoms with van der Waals surface area (Å²) in [6.45, 7) is 0. The van der Waals surface area contributed by atoms with E-state index in [9.17, 15) is 13.2 Å². The average Bonchev–Trinajstić information content (AvgIpc) is 2.18. The van der Waals surface area contributed by atoms with Crippen LogP contribution < -0.4 is 5.73 Å². The first-order valence-corrected chi connectivity index (χ1v) is 7.63. The number of nitrogen functional groups attached to an aromatic ring is 1. The molecule has 94 valence electrons. The van der Waals surface area contributed by atoms with Gasteiger partial charge in [-0.1, -0.05) is 0 Å². The van der Waals surface area contributed by atoms with Gasteiger partial charge in [-0.05, 0) is 6.07 Å². The Kier molecular flexibility index (Phi) is 4.35. The van der Waals surface area contributed by atoms with Crippen molar-refractivity contribution in [2.24, 2.45) is 0 Å². The normalized spacial score (nSPS) is 11.4. The highest BCUT2D eigenvalue weighted by Crippen LogP contribution is 2.23. The Morgan fingerprint density at radius 2 is 2.24 bits per heavy atom. The lowest BCUT2D eigenvalue weighted by Gasteiger charge is -2.04. The third-order valence-electron chi connectivity index (χ3n) is 1.82. The Bertz CT molecular complexity index is 528. The number of hydrogen-bond donors (Lipinski definition) is 2. The fourth-order valence-electron chi connectivity index (χ4n) is 0.997. The lowest BCUT2D eigenvalue weighted by atomic mass is 10.3. The van der Waals surface area contributed by atoms with Crippen molar-refractivity contribution in [1.29, 1.82) is 0 Å². The van der Waals surface area contributed by atoms with Gasteiger partial charge in [0.1, 0.15) is 14.9 Å². The van der Waals surface area contributed by atoms with Crippen molar-refractivity contribution >= 4 is 33.3 Å². The number of pyridine rings is 1. The van der Waals surface area contributed by atoms with Gasteiger partial charge in [0, 0.05) is 18.2 Å². The second kappa shape index (κ2) is 5.37. The number of carbonyl (C=O) groups is 1. The number of nitrogens with two attached hydrogens (primary N) is 1. The van der Waals surface area contributed by atoms with Crippen LogP contribution in [0.2, 0.25) is 0 Å². The van der Waals surface area contributed by atoms with Crippen LogP contribution in [0.5, 0.6) is 0 Å². The maximum Gasteiger partial charge on any atom is 0.337 e. The monoisotopic (exact) mass is 276 g/mol. The highest BCUT2D eigenvalue weighted by Gasteiger charge is 2.09. The molecular formula is C9H12N2O4S2. The van der Waals surface area contributed by atoms with Crippen molar-refractivity contribution in [2.75, 3.05) is 23.5 Å². The molecule has 0 unspecified atom stereocenters. The second-order valence-electron chi connectivity index (χ2n) is 3.40. The molecule has 17 heavy (non-hydrogen) atoms.